The summed E-state index contributed by atoms with van der Waals surface area (Å²) in [6.07, 6.45) is 3.76. The van der Waals surface area contributed by atoms with Gasteiger partial charge < -0.3 is 24.8 Å². The molecule has 0 aliphatic carbocycles. The van der Waals surface area contributed by atoms with Crippen LogP contribution in [0.5, 0.6) is 0 Å². The van der Waals surface area contributed by atoms with E-state index in [0.717, 1.165) is 60.0 Å². The Morgan fingerprint density at radius 1 is 0.942 bits per heavy atom. The van der Waals surface area contributed by atoms with E-state index in [1.54, 1.807) is 9.58 Å². The number of aromatic nitrogens is 3. The monoisotopic (exact) mass is 735 g/mol. The molecule has 0 spiro atoms. The highest BCUT2D eigenvalue weighted by atomic mass is 32.2. The maximum Gasteiger partial charge on any atom is 0.410 e. The Labute approximate surface area is 304 Å². The minimum absolute atomic E-state index is 0.00860. The summed E-state index contributed by atoms with van der Waals surface area (Å²) in [7, 11) is -1.84. The van der Waals surface area contributed by atoms with Crippen molar-refractivity contribution in [1.29, 1.82) is 0 Å². The lowest BCUT2D eigenvalue weighted by atomic mass is 9.79. The Morgan fingerprint density at radius 2 is 1.60 bits per heavy atom. The fourth-order valence-electron chi connectivity index (χ4n) is 8.69. The van der Waals surface area contributed by atoms with E-state index in [2.05, 4.69) is 15.6 Å². The molecule has 280 valence electrons. The number of hydrogen-bond donors (Lipinski definition) is 2. The summed E-state index contributed by atoms with van der Waals surface area (Å²) < 4.78 is 32.7. The number of likely N-dealkylation sites (tertiary alicyclic amines) is 2. The first-order valence-electron chi connectivity index (χ1n) is 18.4. The van der Waals surface area contributed by atoms with Gasteiger partial charge in [0.15, 0.2) is 6.10 Å². The van der Waals surface area contributed by atoms with Crippen LogP contribution in [-0.2, 0) is 39.6 Å². The van der Waals surface area contributed by atoms with E-state index in [4.69, 9.17) is 9.88 Å². The Balaban J connectivity index is 0.996. The highest BCUT2D eigenvalue weighted by molar-refractivity contribution is 7.86. The molecule has 3 aromatic rings. The second-order valence-corrected chi connectivity index (χ2v) is 16.3. The number of rotatable bonds is 7. The predicted molar refractivity (Wildman–Crippen MR) is 194 cm³/mol. The van der Waals surface area contributed by atoms with Gasteiger partial charge in [-0.25, -0.2) is 19.4 Å². The number of benzene rings is 2. The molecule has 4 aliphatic heterocycles. The Kier molecular flexibility index (Phi) is 10.4. The van der Waals surface area contributed by atoms with Gasteiger partial charge >= 0.3 is 12.1 Å². The van der Waals surface area contributed by atoms with Crippen LogP contribution < -0.4 is 10.5 Å². The van der Waals surface area contributed by atoms with Gasteiger partial charge in [0, 0.05) is 71.0 Å². The van der Waals surface area contributed by atoms with Gasteiger partial charge in [-0.1, -0.05) is 29.5 Å². The van der Waals surface area contributed by atoms with Crippen LogP contribution in [0.3, 0.4) is 0 Å². The summed E-state index contributed by atoms with van der Waals surface area (Å²) >= 11 is 0. The molecule has 3 fully saturated rings. The van der Waals surface area contributed by atoms with Crippen molar-refractivity contribution in [3.05, 3.63) is 53.1 Å². The van der Waals surface area contributed by atoms with Gasteiger partial charge in [-0.05, 0) is 92.5 Å². The fraction of sp³-hybridized carbons (Fsp3) is 0.583. The minimum Gasteiger partial charge on any atom is -0.436 e. The lowest BCUT2D eigenvalue weighted by molar-refractivity contribution is -0.142. The molecule has 0 bridgehead atoms. The molecule has 1 aromatic heterocycles. The normalized spacial score (nSPS) is 20.8. The van der Waals surface area contributed by atoms with Crippen LogP contribution in [0.15, 0.2) is 36.4 Å². The number of nitrogens with one attached hydrogen (secondary N) is 1. The molecule has 52 heavy (non-hydrogen) atoms. The van der Waals surface area contributed by atoms with Gasteiger partial charge in [0.05, 0.1) is 5.52 Å². The smallest absolute Gasteiger partial charge is 0.410 e. The lowest BCUT2D eigenvalue weighted by Crippen LogP contribution is -2.52. The number of aryl methyl sites for hydroxylation is 2. The van der Waals surface area contributed by atoms with Crippen LogP contribution in [0.2, 0.25) is 0 Å². The number of nitrogens with two attached hydrogens (primary N) is 1. The first-order chi connectivity index (χ1) is 24.9. The van der Waals surface area contributed by atoms with Crippen LogP contribution in [0.4, 0.5) is 15.3 Å². The molecule has 2 aromatic carbocycles. The average Bonchev–Trinajstić information content (AvgIpc) is 3.43. The third-order valence-electron chi connectivity index (χ3n) is 11.6. The number of piperidine rings is 3. The zero-order valence-electron chi connectivity index (χ0n) is 29.9. The summed E-state index contributed by atoms with van der Waals surface area (Å²) in [5, 5.41) is 16.8. The van der Waals surface area contributed by atoms with E-state index in [-0.39, 0.29) is 24.4 Å². The van der Waals surface area contributed by atoms with E-state index >= 15 is 0 Å². The molecule has 15 nitrogen and oxygen atoms in total. The molecule has 5 heterocycles. The lowest BCUT2D eigenvalue weighted by Gasteiger charge is -2.40. The van der Waals surface area contributed by atoms with Crippen LogP contribution in [-0.4, -0.2) is 118 Å². The number of amides is 4. The Hall–Kier alpha value is -4.28. The Morgan fingerprint density at radius 3 is 2.29 bits per heavy atom. The second-order valence-electron chi connectivity index (χ2n) is 14.8. The summed E-state index contributed by atoms with van der Waals surface area (Å²) in [5.74, 6) is 0.545. The summed E-state index contributed by atoms with van der Waals surface area (Å²) in [6.45, 7) is 5.35. The molecule has 0 unspecified atom stereocenters. The molecular weight excluding hydrogens is 687 g/mol. The molecular formula is C36H49N9O6S. The number of carbonyl (C=O) groups excluding carboxylic acids is 3. The van der Waals surface area contributed by atoms with E-state index in [1.165, 1.54) is 4.31 Å². The zero-order valence-corrected chi connectivity index (χ0v) is 30.8. The topological polar surface area (TPSA) is 176 Å². The van der Waals surface area contributed by atoms with Gasteiger partial charge in [-0.3, -0.25) is 4.79 Å². The molecule has 16 heteroatoms. The summed E-state index contributed by atoms with van der Waals surface area (Å²) in [6, 6.07) is 11.6. The van der Waals surface area contributed by atoms with E-state index in [1.807, 2.05) is 60.2 Å². The van der Waals surface area contributed by atoms with Crippen LogP contribution in [0, 0.1) is 18.8 Å². The number of ether oxygens (including phenoxy) is 1. The van der Waals surface area contributed by atoms with Crippen molar-refractivity contribution in [3.63, 3.8) is 0 Å². The molecule has 0 saturated carbocycles. The first kappa shape index (κ1) is 36.1. The first-order valence-corrected chi connectivity index (χ1v) is 19.9. The zero-order chi connectivity index (χ0) is 36.6. The van der Waals surface area contributed by atoms with E-state index < -0.39 is 22.4 Å². The van der Waals surface area contributed by atoms with Crippen molar-refractivity contribution in [1.82, 2.24) is 34.0 Å². The van der Waals surface area contributed by atoms with Crippen LogP contribution in [0.1, 0.15) is 55.2 Å². The molecule has 4 aliphatic rings. The van der Waals surface area contributed by atoms with Crippen molar-refractivity contribution in [2.75, 3.05) is 51.1 Å². The molecule has 1 atom stereocenters. The van der Waals surface area contributed by atoms with Gasteiger partial charge in [0.1, 0.15) is 5.52 Å². The Bertz CT molecular complexity index is 1910. The number of anilines is 1. The third-order valence-corrected chi connectivity index (χ3v) is 12.7. The van der Waals surface area contributed by atoms with Gasteiger partial charge in [-0.15, -0.1) is 5.10 Å². The third kappa shape index (κ3) is 7.74. The molecule has 4 amide bonds. The van der Waals surface area contributed by atoms with Crippen molar-refractivity contribution in [3.8, 4) is 0 Å². The fourth-order valence-corrected chi connectivity index (χ4v) is 9.41. The van der Waals surface area contributed by atoms with Crippen molar-refractivity contribution in [2.24, 2.45) is 24.0 Å². The minimum atomic E-state index is -3.68. The largest absolute Gasteiger partial charge is 0.436 e. The summed E-state index contributed by atoms with van der Waals surface area (Å²) in [4.78, 5) is 46.4. The molecule has 7 rings (SSSR count). The van der Waals surface area contributed by atoms with E-state index in [9.17, 15) is 22.8 Å². The highest BCUT2D eigenvalue weighted by Gasteiger charge is 2.37. The number of carbonyl (C=O) groups is 3. The van der Waals surface area contributed by atoms with Crippen molar-refractivity contribution < 1.29 is 27.5 Å². The number of urea groups is 1. The van der Waals surface area contributed by atoms with E-state index in [0.29, 0.717) is 76.0 Å². The number of nitrogens with zero attached hydrogens (tertiary/aromatic N) is 7. The van der Waals surface area contributed by atoms with Gasteiger partial charge in [0.2, 0.25) is 0 Å². The maximum atomic E-state index is 14.2. The average molecular weight is 736 g/mol. The van der Waals surface area contributed by atoms with Crippen molar-refractivity contribution in [2.45, 2.75) is 70.4 Å². The second kappa shape index (κ2) is 15.0. The SMILES string of the molecule is Cc1cc(C[C@@H](OC(=O)N2CCC(N3CCc4ccccc4NC3=O)CC2)C(=O)N2CCC(C3CCN(S(N)(=O)=O)CC3)CC2)cc2nnn(C)c12. The number of para-hydroxylation sites is 1. The maximum absolute atomic E-state index is 14.2. The van der Waals surface area contributed by atoms with Crippen molar-refractivity contribution >= 4 is 45.0 Å². The molecule has 0 radical (unpaired) electrons. The number of fused-ring (bicyclic) bond motifs is 2. The van der Waals surface area contributed by atoms with Crippen LogP contribution >= 0.6 is 0 Å². The highest BCUT2D eigenvalue weighted by Crippen LogP contribution is 2.34. The van der Waals surface area contributed by atoms with Gasteiger partial charge in [-0.2, -0.15) is 12.7 Å². The number of hydrogen-bond acceptors (Lipinski definition) is 8. The van der Waals surface area contributed by atoms with Gasteiger partial charge in [0.25, 0.3) is 16.1 Å². The molecule has 3 saturated heterocycles. The quantitative estimate of drug-likeness (QED) is 0.372. The molecule has 3 N–H and O–H groups in total. The summed E-state index contributed by atoms with van der Waals surface area (Å²) in [5.41, 5.74) is 5.38. The van der Waals surface area contributed by atoms with Crippen LogP contribution in [0.25, 0.3) is 11.0 Å². The predicted octanol–water partition coefficient (Wildman–Crippen LogP) is 3.03. The standard InChI is InChI=1S/C36H49N9O6S/c1-24-21-25(22-31-33(24)41(2)40-39-31)23-32(34(46)42-14-7-26(8-15-42)27-9-18-44(19-10-27)52(37,49)50)51-36(48)43-16-12-29(13-17-43)45-20-11-28-5-3-4-6-30(28)38-35(45)47/h3-6,21-22,26-27,29,32H,7-20,23H2,1-2H3,(H,38,47)(H2,37,49,50)/t32-/m1/s1.